The SMILES string of the molecule is COc1cc2ccccc2cc1C(=O)NC(c1ccccc1)c1ccccc1. The van der Waals surface area contributed by atoms with Gasteiger partial charge < -0.3 is 10.1 Å². The molecule has 3 nitrogen and oxygen atoms in total. The molecule has 0 atom stereocenters. The van der Waals surface area contributed by atoms with Crippen molar-refractivity contribution < 1.29 is 9.53 Å². The molecule has 0 aliphatic carbocycles. The van der Waals surface area contributed by atoms with Gasteiger partial charge in [0.2, 0.25) is 0 Å². The minimum Gasteiger partial charge on any atom is -0.496 e. The first-order chi connectivity index (χ1) is 13.8. The summed E-state index contributed by atoms with van der Waals surface area (Å²) < 4.78 is 5.51. The van der Waals surface area contributed by atoms with Gasteiger partial charge in [-0.2, -0.15) is 0 Å². The lowest BCUT2D eigenvalue weighted by atomic mass is 9.98. The predicted molar refractivity (Wildman–Crippen MR) is 113 cm³/mol. The molecule has 0 bridgehead atoms. The maximum absolute atomic E-state index is 13.2. The lowest BCUT2D eigenvalue weighted by Crippen LogP contribution is -2.29. The second-order valence-electron chi connectivity index (χ2n) is 6.63. The molecule has 1 amide bonds. The fraction of sp³-hybridized carbons (Fsp3) is 0.0800. The van der Waals surface area contributed by atoms with Crippen LogP contribution in [0.2, 0.25) is 0 Å². The van der Waals surface area contributed by atoms with Crippen molar-refractivity contribution >= 4 is 16.7 Å². The summed E-state index contributed by atoms with van der Waals surface area (Å²) in [5, 5.41) is 5.23. The Labute approximate surface area is 164 Å². The van der Waals surface area contributed by atoms with Gasteiger partial charge in [0.15, 0.2) is 0 Å². The van der Waals surface area contributed by atoms with Crippen LogP contribution >= 0.6 is 0 Å². The van der Waals surface area contributed by atoms with Crippen LogP contribution in [0.1, 0.15) is 27.5 Å². The van der Waals surface area contributed by atoms with E-state index in [0.29, 0.717) is 11.3 Å². The Morgan fingerprint density at radius 2 is 1.25 bits per heavy atom. The van der Waals surface area contributed by atoms with Crippen molar-refractivity contribution in [2.45, 2.75) is 6.04 Å². The summed E-state index contributed by atoms with van der Waals surface area (Å²) >= 11 is 0. The molecule has 4 aromatic carbocycles. The third-order valence-corrected chi connectivity index (χ3v) is 4.85. The van der Waals surface area contributed by atoms with Gasteiger partial charge in [0.1, 0.15) is 5.75 Å². The molecule has 0 fully saturated rings. The highest BCUT2D eigenvalue weighted by Crippen LogP contribution is 2.28. The monoisotopic (exact) mass is 367 g/mol. The zero-order valence-corrected chi connectivity index (χ0v) is 15.6. The minimum absolute atomic E-state index is 0.166. The molecule has 0 saturated heterocycles. The third-order valence-electron chi connectivity index (χ3n) is 4.85. The average Bonchev–Trinajstić information content (AvgIpc) is 2.77. The van der Waals surface area contributed by atoms with Gasteiger partial charge in [-0.25, -0.2) is 0 Å². The van der Waals surface area contributed by atoms with E-state index in [1.165, 1.54) is 0 Å². The van der Waals surface area contributed by atoms with Gasteiger partial charge in [-0.15, -0.1) is 0 Å². The fourth-order valence-corrected chi connectivity index (χ4v) is 3.42. The maximum Gasteiger partial charge on any atom is 0.255 e. The Kier molecular flexibility index (Phi) is 5.07. The van der Waals surface area contributed by atoms with Gasteiger partial charge in [-0.05, 0) is 34.0 Å². The highest BCUT2D eigenvalue weighted by molar-refractivity contribution is 6.02. The molecule has 1 N–H and O–H groups in total. The number of carbonyl (C=O) groups is 1. The van der Waals surface area contributed by atoms with Gasteiger partial charge in [-0.3, -0.25) is 4.79 Å². The first-order valence-electron chi connectivity index (χ1n) is 9.24. The lowest BCUT2D eigenvalue weighted by Gasteiger charge is -2.21. The van der Waals surface area contributed by atoms with Crippen molar-refractivity contribution in [1.29, 1.82) is 0 Å². The van der Waals surface area contributed by atoms with E-state index >= 15 is 0 Å². The molecule has 0 saturated carbocycles. The van der Waals surface area contributed by atoms with E-state index in [1.807, 2.05) is 97.1 Å². The van der Waals surface area contributed by atoms with E-state index in [9.17, 15) is 4.79 Å². The molecular weight excluding hydrogens is 346 g/mol. The topological polar surface area (TPSA) is 38.3 Å². The molecule has 0 aliphatic heterocycles. The number of carbonyl (C=O) groups excluding carboxylic acids is 1. The standard InChI is InChI=1S/C25H21NO2/c1-28-23-17-21-15-9-8-14-20(21)16-22(23)25(27)26-24(18-10-4-2-5-11-18)19-12-6-3-7-13-19/h2-17,24H,1H3,(H,26,27). The number of fused-ring (bicyclic) bond motifs is 1. The molecule has 0 aromatic heterocycles. The van der Waals surface area contributed by atoms with E-state index < -0.39 is 0 Å². The number of ether oxygens (including phenoxy) is 1. The van der Waals surface area contributed by atoms with Crippen LogP contribution in [0, 0.1) is 0 Å². The first kappa shape index (κ1) is 17.8. The minimum atomic E-state index is -0.244. The van der Waals surface area contributed by atoms with Crippen molar-refractivity contribution in [3.05, 3.63) is 114 Å². The van der Waals surface area contributed by atoms with E-state index in [1.54, 1.807) is 7.11 Å². The van der Waals surface area contributed by atoms with E-state index in [-0.39, 0.29) is 11.9 Å². The second kappa shape index (κ2) is 7.97. The normalized spacial score (nSPS) is 10.8. The maximum atomic E-state index is 13.2. The Morgan fingerprint density at radius 1 is 0.750 bits per heavy atom. The van der Waals surface area contributed by atoms with Crippen LogP contribution in [-0.2, 0) is 0 Å². The van der Waals surface area contributed by atoms with Gasteiger partial charge in [-0.1, -0.05) is 84.9 Å². The molecule has 28 heavy (non-hydrogen) atoms. The molecule has 4 aromatic rings. The van der Waals surface area contributed by atoms with Crippen LogP contribution in [0.25, 0.3) is 10.8 Å². The van der Waals surface area contributed by atoms with Gasteiger partial charge >= 0.3 is 0 Å². The molecular formula is C25H21NO2. The number of benzene rings is 4. The molecule has 138 valence electrons. The average molecular weight is 367 g/mol. The zero-order valence-electron chi connectivity index (χ0n) is 15.6. The molecule has 3 heteroatoms. The first-order valence-corrected chi connectivity index (χ1v) is 9.24. The quantitative estimate of drug-likeness (QED) is 0.515. The summed E-state index contributed by atoms with van der Waals surface area (Å²) in [6.07, 6.45) is 0. The summed E-state index contributed by atoms with van der Waals surface area (Å²) in [7, 11) is 1.59. The van der Waals surface area contributed by atoms with Crippen LogP contribution in [0.4, 0.5) is 0 Å². The molecule has 4 rings (SSSR count). The Bertz CT molecular complexity index is 1050. The number of methoxy groups -OCH3 is 1. The van der Waals surface area contributed by atoms with Crippen molar-refractivity contribution in [3.8, 4) is 5.75 Å². The molecule has 0 spiro atoms. The van der Waals surface area contributed by atoms with E-state index in [4.69, 9.17) is 4.74 Å². The van der Waals surface area contributed by atoms with E-state index in [2.05, 4.69) is 5.32 Å². The highest BCUT2D eigenvalue weighted by atomic mass is 16.5. The van der Waals surface area contributed by atoms with Crippen molar-refractivity contribution in [1.82, 2.24) is 5.32 Å². The molecule has 0 aliphatic rings. The summed E-state index contributed by atoms with van der Waals surface area (Å²) in [6, 6.07) is 31.5. The summed E-state index contributed by atoms with van der Waals surface area (Å²) in [5.41, 5.74) is 2.58. The van der Waals surface area contributed by atoms with Crippen LogP contribution in [0.15, 0.2) is 97.1 Å². The van der Waals surface area contributed by atoms with Gasteiger partial charge in [0.25, 0.3) is 5.91 Å². The molecule has 0 radical (unpaired) electrons. The number of hydrogen-bond donors (Lipinski definition) is 1. The highest BCUT2D eigenvalue weighted by Gasteiger charge is 2.20. The Morgan fingerprint density at radius 3 is 1.79 bits per heavy atom. The van der Waals surface area contributed by atoms with Crippen molar-refractivity contribution in [2.75, 3.05) is 7.11 Å². The van der Waals surface area contributed by atoms with Crippen LogP contribution in [-0.4, -0.2) is 13.0 Å². The fourth-order valence-electron chi connectivity index (χ4n) is 3.42. The molecule has 0 unspecified atom stereocenters. The van der Waals surface area contributed by atoms with Crippen molar-refractivity contribution in [2.24, 2.45) is 0 Å². The summed E-state index contributed by atoms with van der Waals surface area (Å²) in [6.45, 7) is 0. The Balaban J connectivity index is 1.73. The van der Waals surface area contributed by atoms with E-state index in [0.717, 1.165) is 21.9 Å². The van der Waals surface area contributed by atoms with Crippen LogP contribution in [0.5, 0.6) is 5.75 Å². The summed E-state index contributed by atoms with van der Waals surface area (Å²) in [5.74, 6) is 0.399. The number of amides is 1. The summed E-state index contributed by atoms with van der Waals surface area (Å²) in [4.78, 5) is 13.2. The largest absolute Gasteiger partial charge is 0.496 e. The Hall–Kier alpha value is -3.59. The zero-order chi connectivity index (χ0) is 19.3. The second-order valence-corrected chi connectivity index (χ2v) is 6.63. The smallest absolute Gasteiger partial charge is 0.255 e. The van der Waals surface area contributed by atoms with Crippen molar-refractivity contribution in [3.63, 3.8) is 0 Å². The molecule has 0 heterocycles. The number of hydrogen-bond acceptors (Lipinski definition) is 2. The third kappa shape index (κ3) is 3.60. The number of nitrogens with one attached hydrogen (secondary N) is 1. The lowest BCUT2D eigenvalue weighted by molar-refractivity contribution is 0.0940. The number of rotatable bonds is 5. The van der Waals surface area contributed by atoms with Crippen LogP contribution < -0.4 is 10.1 Å². The van der Waals surface area contributed by atoms with Gasteiger partial charge in [0.05, 0.1) is 18.7 Å². The van der Waals surface area contributed by atoms with Gasteiger partial charge in [0, 0.05) is 0 Å². The predicted octanol–water partition coefficient (Wildman–Crippen LogP) is 5.37. The van der Waals surface area contributed by atoms with Crippen LogP contribution in [0.3, 0.4) is 0 Å².